The minimum absolute atomic E-state index is 0.0546. The van der Waals surface area contributed by atoms with E-state index >= 15 is 0 Å². The average molecular weight is 248 g/mol. The Morgan fingerprint density at radius 3 is 2.39 bits per heavy atom. The molecule has 0 unspecified atom stereocenters. The van der Waals surface area contributed by atoms with Crippen LogP contribution in [-0.2, 0) is 0 Å². The zero-order valence-electron chi connectivity index (χ0n) is 11.2. The van der Waals surface area contributed by atoms with Gasteiger partial charge in [0.1, 0.15) is 5.84 Å². The fourth-order valence-electron chi connectivity index (χ4n) is 1.51. The second-order valence-electron chi connectivity index (χ2n) is 5.17. The van der Waals surface area contributed by atoms with Crippen LogP contribution in [0.4, 0.5) is 10.5 Å². The van der Waals surface area contributed by atoms with Crippen molar-refractivity contribution in [3.63, 3.8) is 0 Å². The standard InChI is InChI=1S/C13H20N4O/c1-13(2,3)16-12(18)17(4)10-8-6-5-7-9(10)11(14)15/h5-8H,1-4H3,(H3,14,15)(H,16,18). The molecule has 98 valence electrons. The van der Waals surface area contributed by atoms with Crippen LogP contribution in [0.1, 0.15) is 26.3 Å². The first-order valence-electron chi connectivity index (χ1n) is 5.71. The SMILES string of the molecule is CN(C(=O)NC(C)(C)C)c1ccccc1C(=N)N. The largest absolute Gasteiger partial charge is 0.384 e. The summed E-state index contributed by atoms with van der Waals surface area (Å²) in [6.07, 6.45) is 0. The molecule has 0 atom stereocenters. The molecule has 0 saturated carbocycles. The number of rotatable bonds is 2. The Morgan fingerprint density at radius 1 is 1.33 bits per heavy atom. The molecule has 0 aliphatic heterocycles. The lowest BCUT2D eigenvalue weighted by atomic mass is 10.1. The Bertz CT molecular complexity index is 462. The lowest BCUT2D eigenvalue weighted by Gasteiger charge is -2.26. The molecule has 4 N–H and O–H groups in total. The van der Waals surface area contributed by atoms with Gasteiger partial charge >= 0.3 is 6.03 Å². The van der Waals surface area contributed by atoms with Crippen molar-refractivity contribution in [2.24, 2.45) is 5.73 Å². The van der Waals surface area contributed by atoms with Gasteiger partial charge in [-0.2, -0.15) is 0 Å². The van der Waals surface area contributed by atoms with E-state index in [0.29, 0.717) is 11.3 Å². The predicted octanol–water partition coefficient (Wildman–Crippen LogP) is 1.91. The van der Waals surface area contributed by atoms with E-state index in [1.54, 1.807) is 25.2 Å². The summed E-state index contributed by atoms with van der Waals surface area (Å²) in [4.78, 5) is 13.5. The van der Waals surface area contributed by atoms with Crippen LogP contribution in [0.15, 0.2) is 24.3 Å². The number of carbonyl (C=O) groups excluding carboxylic acids is 1. The van der Waals surface area contributed by atoms with Gasteiger partial charge in [0.15, 0.2) is 0 Å². The zero-order valence-corrected chi connectivity index (χ0v) is 11.2. The molecule has 2 amide bonds. The Hall–Kier alpha value is -2.04. The van der Waals surface area contributed by atoms with Crippen LogP contribution >= 0.6 is 0 Å². The molecule has 0 saturated heterocycles. The molecule has 18 heavy (non-hydrogen) atoms. The maximum Gasteiger partial charge on any atom is 0.322 e. The van der Waals surface area contributed by atoms with E-state index in [1.165, 1.54) is 4.90 Å². The minimum Gasteiger partial charge on any atom is -0.384 e. The number of urea groups is 1. The summed E-state index contributed by atoms with van der Waals surface area (Å²) in [7, 11) is 1.66. The van der Waals surface area contributed by atoms with Crippen LogP contribution in [0.2, 0.25) is 0 Å². The average Bonchev–Trinajstić information content (AvgIpc) is 2.25. The summed E-state index contributed by atoms with van der Waals surface area (Å²) < 4.78 is 0. The van der Waals surface area contributed by atoms with E-state index in [2.05, 4.69) is 5.32 Å². The van der Waals surface area contributed by atoms with Crippen LogP contribution < -0.4 is 16.0 Å². The van der Waals surface area contributed by atoms with Crippen molar-refractivity contribution in [2.45, 2.75) is 26.3 Å². The summed E-state index contributed by atoms with van der Waals surface area (Å²) in [6, 6.07) is 6.85. The number of amidine groups is 1. The molecule has 5 nitrogen and oxygen atoms in total. The maximum absolute atomic E-state index is 12.0. The third kappa shape index (κ3) is 3.48. The second kappa shape index (κ2) is 5.08. The van der Waals surface area contributed by atoms with Gasteiger partial charge in [-0.3, -0.25) is 10.3 Å². The van der Waals surface area contributed by atoms with Crippen molar-refractivity contribution in [1.29, 1.82) is 5.41 Å². The molecule has 0 radical (unpaired) electrons. The quantitative estimate of drug-likeness (QED) is 0.552. The molecule has 0 aliphatic carbocycles. The molecule has 5 heteroatoms. The summed E-state index contributed by atoms with van der Waals surface area (Å²) in [5.74, 6) is -0.0546. The molecule has 0 bridgehead atoms. The summed E-state index contributed by atoms with van der Waals surface area (Å²) in [5, 5.41) is 10.4. The van der Waals surface area contributed by atoms with Gasteiger partial charge in [0.05, 0.1) is 5.69 Å². The molecule has 0 heterocycles. The fourth-order valence-corrected chi connectivity index (χ4v) is 1.51. The monoisotopic (exact) mass is 248 g/mol. The van der Waals surface area contributed by atoms with E-state index in [-0.39, 0.29) is 17.4 Å². The Morgan fingerprint density at radius 2 is 1.89 bits per heavy atom. The second-order valence-corrected chi connectivity index (χ2v) is 5.17. The van der Waals surface area contributed by atoms with Gasteiger partial charge in [0.2, 0.25) is 0 Å². The van der Waals surface area contributed by atoms with Crippen LogP contribution in [-0.4, -0.2) is 24.5 Å². The molecule has 0 aromatic heterocycles. The number of amides is 2. The molecular formula is C13H20N4O. The lowest BCUT2D eigenvalue weighted by Crippen LogP contribution is -2.47. The first-order chi connectivity index (χ1) is 8.22. The van der Waals surface area contributed by atoms with Crippen molar-refractivity contribution < 1.29 is 4.79 Å². The van der Waals surface area contributed by atoms with Gasteiger partial charge in [0, 0.05) is 18.2 Å². The highest BCUT2D eigenvalue weighted by Gasteiger charge is 2.20. The molecule has 1 aromatic rings. The number of nitrogens with zero attached hydrogens (tertiary/aromatic N) is 1. The highest BCUT2D eigenvalue weighted by Crippen LogP contribution is 2.19. The van der Waals surface area contributed by atoms with E-state index in [1.807, 2.05) is 26.8 Å². The van der Waals surface area contributed by atoms with Gasteiger partial charge in [-0.15, -0.1) is 0 Å². The van der Waals surface area contributed by atoms with Crippen molar-refractivity contribution in [2.75, 3.05) is 11.9 Å². The Labute approximate surface area is 107 Å². The number of anilines is 1. The highest BCUT2D eigenvalue weighted by atomic mass is 16.2. The van der Waals surface area contributed by atoms with E-state index in [4.69, 9.17) is 11.1 Å². The van der Waals surface area contributed by atoms with E-state index in [0.717, 1.165) is 0 Å². The minimum atomic E-state index is -0.309. The number of nitrogen functional groups attached to an aromatic ring is 1. The summed E-state index contributed by atoms with van der Waals surface area (Å²) >= 11 is 0. The van der Waals surface area contributed by atoms with E-state index < -0.39 is 0 Å². The number of hydrogen-bond donors (Lipinski definition) is 3. The summed E-state index contributed by atoms with van der Waals surface area (Å²) in [6.45, 7) is 5.74. The fraction of sp³-hybridized carbons (Fsp3) is 0.385. The molecule has 0 spiro atoms. The summed E-state index contributed by atoms with van der Waals surface area (Å²) in [5.41, 5.74) is 6.36. The normalized spacial score (nSPS) is 10.9. The van der Waals surface area contributed by atoms with Crippen LogP contribution in [0.3, 0.4) is 0 Å². The van der Waals surface area contributed by atoms with Crippen molar-refractivity contribution >= 4 is 17.6 Å². The molecule has 1 rings (SSSR count). The third-order valence-electron chi connectivity index (χ3n) is 2.34. The molecule has 0 fully saturated rings. The zero-order chi connectivity index (χ0) is 13.9. The van der Waals surface area contributed by atoms with Crippen molar-refractivity contribution in [1.82, 2.24) is 5.32 Å². The van der Waals surface area contributed by atoms with Gasteiger partial charge < -0.3 is 11.1 Å². The van der Waals surface area contributed by atoms with Crippen LogP contribution in [0.25, 0.3) is 0 Å². The first kappa shape index (κ1) is 14.0. The highest BCUT2D eigenvalue weighted by molar-refractivity contribution is 6.04. The number of hydrogen-bond acceptors (Lipinski definition) is 2. The maximum atomic E-state index is 12.0. The van der Waals surface area contributed by atoms with Gasteiger partial charge in [0.25, 0.3) is 0 Å². The Kier molecular flexibility index (Phi) is 3.96. The van der Waals surface area contributed by atoms with E-state index in [9.17, 15) is 4.79 Å². The number of para-hydroxylation sites is 1. The van der Waals surface area contributed by atoms with Crippen LogP contribution in [0.5, 0.6) is 0 Å². The number of nitrogens with two attached hydrogens (primary N) is 1. The number of nitrogens with one attached hydrogen (secondary N) is 2. The van der Waals surface area contributed by atoms with Crippen LogP contribution in [0, 0.1) is 5.41 Å². The molecule has 1 aromatic carbocycles. The number of carbonyl (C=O) groups is 1. The molecule has 0 aliphatic rings. The van der Waals surface area contributed by atoms with Crippen molar-refractivity contribution in [3.05, 3.63) is 29.8 Å². The smallest absolute Gasteiger partial charge is 0.322 e. The third-order valence-corrected chi connectivity index (χ3v) is 2.34. The van der Waals surface area contributed by atoms with Gasteiger partial charge in [-0.05, 0) is 32.9 Å². The lowest BCUT2D eigenvalue weighted by molar-refractivity contribution is 0.239. The number of benzene rings is 1. The topological polar surface area (TPSA) is 82.2 Å². The van der Waals surface area contributed by atoms with Gasteiger partial charge in [-0.25, -0.2) is 4.79 Å². The Balaban J connectivity index is 3.00. The molecular weight excluding hydrogens is 228 g/mol. The van der Waals surface area contributed by atoms with Crippen molar-refractivity contribution in [3.8, 4) is 0 Å². The predicted molar refractivity (Wildman–Crippen MR) is 74.1 cm³/mol. The van der Waals surface area contributed by atoms with Gasteiger partial charge in [-0.1, -0.05) is 12.1 Å². The first-order valence-corrected chi connectivity index (χ1v) is 5.71.